The van der Waals surface area contributed by atoms with E-state index in [2.05, 4.69) is 14.8 Å². The van der Waals surface area contributed by atoms with Crippen LogP contribution in [-0.2, 0) is 22.5 Å². The number of anilines is 1. The van der Waals surface area contributed by atoms with E-state index in [1.807, 2.05) is 42.6 Å². The molecule has 2 aromatic heterocycles. The zero-order chi connectivity index (χ0) is 22.9. The van der Waals surface area contributed by atoms with Crippen molar-refractivity contribution in [1.82, 2.24) is 14.8 Å². The van der Waals surface area contributed by atoms with Crippen molar-refractivity contribution < 1.29 is 14.3 Å². The van der Waals surface area contributed by atoms with E-state index in [0.717, 1.165) is 53.0 Å². The lowest BCUT2D eigenvalue weighted by Crippen LogP contribution is -2.25. The number of carbonyl (C=O) groups excluding carboxylic acids is 2. The maximum Gasteiger partial charge on any atom is 0.223 e. The molecule has 33 heavy (non-hydrogen) atoms. The average Bonchev–Trinajstić information content (AvgIpc) is 3.60. The molecule has 4 heterocycles. The van der Waals surface area contributed by atoms with Crippen molar-refractivity contribution in [2.45, 2.75) is 56.2 Å². The van der Waals surface area contributed by atoms with E-state index in [1.165, 1.54) is 11.8 Å². The molecule has 5 rings (SSSR count). The van der Waals surface area contributed by atoms with Gasteiger partial charge in [-0.2, -0.15) is 0 Å². The SMILES string of the molecule is CC(=O)N1CCc2cc(C(=O)[C@@H](C)Sc3nnc(-c4cccs4)n3C[C@@H]3CCCO3)ccc21. The van der Waals surface area contributed by atoms with Crippen LogP contribution in [-0.4, -0.2) is 51.0 Å². The molecule has 172 valence electrons. The topological polar surface area (TPSA) is 77.3 Å². The van der Waals surface area contributed by atoms with Crippen molar-refractivity contribution in [2.24, 2.45) is 0 Å². The summed E-state index contributed by atoms with van der Waals surface area (Å²) in [7, 11) is 0. The fourth-order valence-corrected chi connectivity index (χ4v) is 6.10. The molecule has 3 aromatic rings. The van der Waals surface area contributed by atoms with Crippen LogP contribution in [0.25, 0.3) is 10.7 Å². The van der Waals surface area contributed by atoms with E-state index in [9.17, 15) is 9.59 Å². The summed E-state index contributed by atoms with van der Waals surface area (Å²) in [5, 5.41) is 11.3. The highest BCUT2D eigenvalue weighted by atomic mass is 32.2. The molecule has 2 aliphatic rings. The molecule has 0 spiro atoms. The lowest BCUT2D eigenvalue weighted by atomic mass is 10.0. The quantitative estimate of drug-likeness (QED) is 0.366. The van der Waals surface area contributed by atoms with Crippen molar-refractivity contribution in [2.75, 3.05) is 18.1 Å². The molecule has 2 aliphatic heterocycles. The minimum Gasteiger partial charge on any atom is -0.376 e. The average molecular weight is 483 g/mol. The van der Waals surface area contributed by atoms with Gasteiger partial charge in [0.05, 0.1) is 22.8 Å². The van der Waals surface area contributed by atoms with Gasteiger partial charge in [-0.3, -0.25) is 14.2 Å². The molecule has 1 saturated heterocycles. The summed E-state index contributed by atoms with van der Waals surface area (Å²) in [4.78, 5) is 27.9. The predicted octanol–water partition coefficient (Wildman–Crippen LogP) is 4.46. The third-order valence-electron chi connectivity index (χ3n) is 6.16. The van der Waals surface area contributed by atoms with Crippen molar-refractivity contribution >= 4 is 40.5 Å². The summed E-state index contributed by atoms with van der Waals surface area (Å²) >= 11 is 3.07. The van der Waals surface area contributed by atoms with Crippen molar-refractivity contribution in [3.05, 3.63) is 46.8 Å². The van der Waals surface area contributed by atoms with Gasteiger partial charge in [0.25, 0.3) is 0 Å². The first-order chi connectivity index (χ1) is 16.0. The van der Waals surface area contributed by atoms with Gasteiger partial charge in [0.1, 0.15) is 0 Å². The molecule has 0 radical (unpaired) electrons. The van der Waals surface area contributed by atoms with E-state index in [0.29, 0.717) is 18.7 Å². The van der Waals surface area contributed by atoms with Gasteiger partial charge in [-0.25, -0.2) is 0 Å². The number of amides is 1. The summed E-state index contributed by atoms with van der Waals surface area (Å²) in [5.41, 5.74) is 2.63. The standard InChI is InChI=1S/C24H26N4O3S2/c1-15(22(30)18-7-8-20-17(13-18)9-10-27(20)16(2)29)33-24-26-25-23(21-6-4-12-32-21)28(24)14-19-5-3-11-31-19/h4,6-8,12-13,15,19H,3,5,9-11,14H2,1-2H3/t15-,19+/m1/s1. The van der Waals surface area contributed by atoms with Gasteiger partial charge < -0.3 is 9.64 Å². The highest BCUT2D eigenvalue weighted by molar-refractivity contribution is 8.00. The number of thiophene rings is 1. The zero-order valence-corrected chi connectivity index (χ0v) is 20.3. The van der Waals surface area contributed by atoms with Gasteiger partial charge in [-0.15, -0.1) is 21.5 Å². The maximum atomic E-state index is 13.3. The highest BCUT2D eigenvalue weighted by Crippen LogP contribution is 2.33. The Hall–Kier alpha value is -2.49. The minimum atomic E-state index is -0.322. The van der Waals surface area contributed by atoms with Crippen LogP contribution < -0.4 is 4.90 Å². The van der Waals surface area contributed by atoms with Crippen LogP contribution in [0.1, 0.15) is 42.6 Å². The van der Waals surface area contributed by atoms with Crippen LogP contribution >= 0.6 is 23.1 Å². The summed E-state index contributed by atoms with van der Waals surface area (Å²) in [6.07, 6.45) is 3.01. The Morgan fingerprint density at radius 1 is 1.30 bits per heavy atom. The van der Waals surface area contributed by atoms with E-state index in [1.54, 1.807) is 23.2 Å². The Morgan fingerprint density at radius 2 is 2.18 bits per heavy atom. The number of fused-ring (bicyclic) bond motifs is 1. The third kappa shape index (κ3) is 4.49. The monoisotopic (exact) mass is 482 g/mol. The predicted molar refractivity (Wildman–Crippen MR) is 130 cm³/mol. The molecular formula is C24H26N4O3S2. The Morgan fingerprint density at radius 3 is 2.91 bits per heavy atom. The molecule has 0 bridgehead atoms. The van der Waals surface area contributed by atoms with Crippen LogP contribution in [0.2, 0.25) is 0 Å². The number of benzene rings is 1. The van der Waals surface area contributed by atoms with Gasteiger partial charge in [0.2, 0.25) is 5.91 Å². The summed E-state index contributed by atoms with van der Waals surface area (Å²) in [6, 6.07) is 9.70. The number of carbonyl (C=O) groups is 2. The first-order valence-corrected chi connectivity index (χ1v) is 13.0. The fourth-order valence-electron chi connectivity index (χ4n) is 4.45. The molecule has 0 aliphatic carbocycles. The number of hydrogen-bond donors (Lipinski definition) is 0. The fraction of sp³-hybridized carbons (Fsp3) is 0.417. The minimum absolute atomic E-state index is 0.0314. The van der Waals surface area contributed by atoms with E-state index in [4.69, 9.17) is 4.74 Å². The van der Waals surface area contributed by atoms with Crippen LogP contribution in [0.15, 0.2) is 40.9 Å². The lowest BCUT2D eigenvalue weighted by molar-refractivity contribution is -0.116. The second-order valence-electron chi connectivity index (χ2n) is 8.42. The van der Waals surface area contributed by atoms with Crippen LogP contribution in [0.5, 0.6) is 0 Å². The smallest absolute Gasteiger partial charge is 0.223 e. The van der Waals surface area contributed by atoms with Crippen molar-refractivity contribution in [3.8, 4) is 10.7 Å². The summed E-state index contributed by atoms with van der Waals surface area (Å²) in [5.74, 6) is 0.904. The molecule has 0 saturated carbocycles. The molecule has 0 unspecified atom stereocenters. The molecule has 7 nitrogen and oxygen atoms in total. The second-order valence-corrected chi connectivity index (χ2v) is 10.7. The Balaban J connectivity index is 1.37. The molecule has 1 aromatic carbocycles. The highest BCUT2D eigenvalue weighted by Gasteiger charge is 2.27. The number of hydrogen-bond acceptors (Lipinski definition) is 7. The van der Waals surface area contributed by atoms with Gasteiger partial charge in [0, 0.05) is 31.3 Å². The molecular weight excluding hydrogens is 456 g/mol. The van der Waals surface area contributed by atoms with E-state index >= 15 is 0 Å². The van der Waals surface area contributed by atoms with Gasteiger partial charge in [-0.1, -0.05) is 17.8 Å². The Labute approximate surface area is 201 Å². The molecule has 9 heteroatoms. The third-order valence-corrected chi connectivity index (χ3v) is 8.11. The second kappa shape index (κ2) is 9.40. The Kier molecular flexibility index (Phi) is 6.36. The normalized spacial score (nSPS) is 18.5. The number of ketones is 1. The lowest BCUT2D eigenvalue weighted by Gasteiger charge is -2.17. The summed E-state index contributed by atoms with van der Waals surface area (Å²) < 4.78 is 7.97. The largest absolute Gasteiger partial charge is 0.376 e. The van der Waals surface area contributed by atoms with Crippen LogP contribution in [0.3, 0.4) is 0 Å². The van der Waals surface area contributed by atoms with Crippen LogP contribution in [0.4, 0.5) is 5.69 Å². The van der Waals surface area contributed by atoms with Gasteiger partial charge in [0.15, 0.2) is 16.8 Å². The van der Waals surface area contributed by atoms with Crippen molar-refractivity contribution in [1.29, 1.82) is 0 Å². The number of nitrogens with zero attached hydrogens (tertiary/aromatic N) is 4. The summed E-state index contributed by atoms with van der Waals surface area (Å²) in [6.45, 7) is 5.63. The van der Waals surface area contributed by atoms with E-state index in [-0.39, 0.29) is 23.0 Å². The number of thioether (sulfide) groups is 1. The first kappa shape index (κ1) is 22.3. The molecule has 1 amide bonds. The zero-order valence-electron chi connectivity index (χ0n) is 18.7. The van der Waals surface area contributed by atoms with Gasteiger partial charge in [-0.05, 0) is 61.4 Å². The number of Topliss-reactive ketones (excluding diaryl/α,β-unsaturated/α-hetero) is 1. The number of aromatic nitrogens is 3. The maximum absolute atomic E-state index is 13.3. The molecule has 2 atom stereocenters. The molecule has 0 N–H and O–H groups in total. The number of ether oxygens (including phenoxy) is 1. The van der Waals surface area contributed by atoms with E-state index < -0.39 is 0 Å². The Bertz CT molecular complexity index is 1170. The number of rotatable bonds is 7. The molecule has 1 fully saturated rings. The van der Waals surface area contributed by atoms with Crippen LogP contribution in [0, 0.1) is 0 Å². The van der Waals surface area contributed by atoms with Gasteiger partial charge >= 0.3 is 0 Å². The van der Waals surface area contributed by atoms with Crippen molar-refractivity contribution in [3.63, 3.8) is 0 Å². The first-order valence-electron chi connectivity index (χ1n) is 11.2.